The van der Waals surface area contributed by atoms with E-state index < -0.39 is 0 Å². The maximum Gasteiger partial charge on any atom is 0.337 e. The smallest absolute Gasteiger partial charge is 0.337 e. The Morgan fingerprint density at radius 1 is 0.917 bits per heavy atom. The van der Waals surface area contributed by atoms with Crippen LogP contribution in [0, 0.1) is 0 Å². The predicted molar refractivity (Wildman–Crippen MR) is 140 cm³/mol. The first-order chi connectivity index (χ1) is 17.5. The molecule has 0 saturated carbocycles. The molecule has 188 valence electrons. The monoisotopic (exact) mass is 487 g/mol. The molecule has 36 heavy (non-hydrogen) atoms. The number of rotatable bonds is 9. The van der Waals surface area contributed by atoms with Gasteiger partial charge in [-0.05, 0) is 74.0 Å². The summed E-state index contributed by atoms with van der Waals surface area (Å²) in [5.74, 6) is 1.18. The molecule has 1 aliphatic rings. The lowest BCUT2D eigenvalue weighted by Gasteiger charge is -2.36. The van der Waals surface area contributed by atoms with E-state index in [4.69, 9.17) is 9.47 Å². The van der Waals surface area contributed by atoms with Crippen molar-refractivity contribution in [2.24, 2.45) is 0 Å². The molecule has 1 amide bonds. The second-order valence-electron chi connectivity index (χ2n) is 9.10. The minimum Gasteiger partial charge on any atom is -0.465 e. The van der Waals surface area contributed by atoms with Crippen molar-refractivity contribution >= 4 is 17.6 Å². The van der Waals surface area contributed by atoms with Gasteiger partial charge in [-0.1, -0.05) is 30.3 Å². The Morgan fingerprint density at radius 2 is 1.56 bits per heavy atom. The summed E-state index contributed by atoms with van der Waals surface area (Å²) in [6.07, 6.45) is 2.02. The normalized spacial score (nSPS) is 14.4. The molecule has 0 radical (unpaired) electrons. The fraction of sp³-hybridized carbons (Fsp3) is 0.310. The highest BCUT2D eigenvalue weighted by Gasteiger charge is 2.24. The topological polar surface area (TPSA) is 71.1 Å². The maximum atomic E-state index is 12.6. The Bertz CT molecular complexity index is 1130. The number of hydrogen-bond donors (Lipinski definition) is 1. The second-order valence-corrected chi connectivity index (χ2v) is 9.10. The molecule has 3 aromatic carbocycles. The minimum atomic E-state index is -0.319. The third kappa shape index (κ3) is 7.16. The predicted octanol–water partition coefficient (Wildman–Crippen LogP) is 4.80. The van der Waals surface area contributed by atoms with E-state index in [0.717, 1.165) is 55.2 Å². The summed E-state index contributed by atoms with van der Waals surface area (Å²) >= 11 is 0. The van der Waals surface area contributed by atoms with Crippen LogP contribution >= 0.6 is 0 Å². The number of piperidine rings is 1. The van der Waals surface area contributed by atoms with Crippen LogP contribution in [0.2, 0.25) is 0 Å². The number of ether oxygens (including phenoxy) is 2. The largest absolute Gasteiger partial charge is 0.465 e. The molecular formula is C29H33N3O4. The molecule has 0 spiro atoms. The Balaban J connectivity index is 1.19. The van der Waals surface area contributed by atoms with Gasteiger partial charge in [0.2, 0.25) is 5.91 Å². The van der Waals surface area contributed by atoms with E-state index in [0.29, 0.717) is 18.2 Å². The lowest BCUT2D eigenvalue weighted by Crippen LogP contribution is -2.45. The molecule has 7 heteroatoms. The van der Waals surface area contributed by atoms with Gasteiger partial charge in [-0.25, -0.2) is 4.79 Å². The van der Waals surface area contributed by atoms with Crippen LogP contribution in [0.15, 0.2) is 78.9 Å². The summed E-state index contributed by atoms with van der Waals surface area (Å²) in [6, 6.07) is 25.0. The van der Waals surface area contributed by atoms with Crippen molar-refractivity contribution in [3.63, 3.8) is 0 Å². The van der Waals surface area contributed by atoms with E-state index in [1.807, 2.05) is 66.7 Å². The van der Waals surface area contributed by atoms with E-state index >= 15 is 0 Å². The van der Waals surface area contributed by atoms with Crippen LogP contribution in [0.1, 0.15) is 28.8 Å². The minimum absolute atomic E-state index is 0.00997. The van der Waals surface area contributed by atoms with Gasteiger partial charge in [-0.2, -0.15) is 0 Å². The molecule has 0 aromatic heterocycles. The SMILES string of the molecule is COC(=O)c1ccc(CN(C)C2CCN(CC(=O)Nc3ccc(Oc4ccccc4)cc3)CC2)cc1. The number of anilines is 1. The van der Waals surface area contributed by atoms with Crippen molar-refractivity contribution in [3.8, 4) is 11.5 Å². The summed E-state index contributed by atoms with van der Waals surface area (Å²) in [5.41, 5.74) is 2.48. The van der Waals surface area contributed by atoms with Crippen molar-refractivity contribution in [2.45, 2.75) is 25.4 Å². The van der Waals surface area contributed by atoms with Crippen LogP contribution in [-0.2, 0) is 16.1 Å². The number of hydrogen-bond acceptors (Lipinski definition) is 6. The molecule has 0 unspecified atom stereocenters. The molecule has 1 N–H and O–H groups in total. The number of nitrogens with zero attached hydrogens (tertiary/aromatic N) is 2. The first-order valence-corrected chi connectivity index (χ1v) is 12.2. The zero-order valence-electron chi connectivity index (χ0n) is 20.9. The number of para-hydroxylation sites is 1. The summed E-state index contributed by atoms with van der Waals surface area (Å²) < 4.78 is 10.6. The molecule has 7 nitrogen and oxygen atoms in total. The number of methoxy groups -OCH3 is 1. The van der Waals surface area contributed by atoms with E-state index in [-0.39, 0.29) is 11.9 Å². The van der Waals surface area contributed by atoms with Gasteiger partial charge in [-0.15, -0.1) is 0 Å². The molecule has 0 bridgehead atoms. The molecule has 1 fully saturated rings. The highest BCUT2D eigenvalue weighted by atomic mass is 16.5. The quantitative estimate of drug-likeness (QED) is 0.437. The van der Waals surface area contributed by atoms with Crippen LogP contribution in [-0.4, -0.2) is 61.5 Å². The van der Waals surface area contributed by atoms with E-state index in [2.05, 4.69) is 22.2 Å². The van der Waals surface area contributed by atoms with Crippen molar-refractivity contribution in [3.05, 3.63) is 90.0 Å². The van der Waals surface area contributed by atoms with Crippen molar-refractivity contribution in [1.29, 1.82) is 0 Å². The van der Waals surface area contributed by atoms with Gasteiger partial charge in [0.05, 0.1) is 19.2 Å². The summed E-state index contributed by atoms with van der Waals surface area (Å²) in [4.78, 5) is 28.7. The van der Waals surface area contributed by atoms with Crippen LogP contribution in [0.4, 0.5) is 5.69 Å². The molecular weight excluding hydrogens is 454 g/mol. The molecule has 0 atom stereocenters. The number of esters is 1. The Hall–Kier alpha value is -3.68. The van der Waals surface area contributed by atoms with Crippen molar-refractivity contribution in [2.75, 3.05) is 39.1 Å². The van der Waals surface area contributed by atoms with Crippen LogP contribution in [0.25, 0.3) is 0 Å². The van der Waals surface area contributed by atoms with Crippen LogP contribution < -0.4 is 10.1 Å². The van der Waals surface area contributed by atoms with E-state index in [1.54, 1.807) is 12.1 Å². The van der Waals surface area contributed by atoms with Gasteiger partial charge >= 0.3 is 5.97 Å². The molecule has 1 aliphatic heterocycles. The zero-order valence-corrected chi connectivity index (χ0v) is 20.9. The molecule has 1 saturated heterocycles. The average molecular weight is 488 g/mol. The number of benzene rings is 3. The first-order valence-electron chi connectivity index (χ1n) is 12.2. The van der Waals surface area contributed by atoms with Gasteiger partial charge in [0.1, 0.15) is 11.5 Å². The Labute approximate surface area is 212 Å². The molecule has 4 rings (SSSR count). The maximum absolute atomic E-state index is 12.6. The number of carbonyl (C=O) groups is 2. The average Bonchev–Trinajstić information content (AvgIpc) is 2.91. The highest BCUT2D eigenvalue weighted by Crippen LogP contribution is 2.23. The first kappa shape index (κ1) is 25.4. The lowest BCUT2D eigenvalue weighted by molar-refractivity contribution is -0.117. The summed E-state index contributed by atoms with van der Waals surface area (Å²) in [6.45, 7) is 2.96. The number of likely N-dealkylation sites (tertiary alicyclic amines) is 1. The second kappa shape index (κ2) is 12.3. The summed E-state index contributed by atoms with van der Waals surface area (Å²) in [5, 5.41) is 2.98. The zero-order chi connectivity index (χ0) is 25.3. The third-order valence-electron chi connectivity index (χ3n) is 6.47. The fourth-order valence-corrected chi connectivity index (χ4v) is 4.43. The molecule has 3 aromatic rings. The number of carbonyl (C=O) groups excluding carboxylic acids is 2. The Morgan fingerprint density at radius 3 is 2.19 bits per heavy atom. The number of nitrogens with one attached hydrogen (secondary N) is 1. The van der Waals surface area contributed by atoms with E-state index in [9.17, 15) is 9.59 Å². The van der Waals surface area contributed by atoms with Gasteiger partial charge in [-0.3, -0.25) is 14.6 Å². The number of amides is 1. The summed E-state index contributed by atoms with van der Waals surface area (Å²) in [7, 11) is 3.52. The standard InChI is InChI=1S/C29H33N3O4/c1-31(20-22-8-10-23(11-9-22)29(34)35-2)25-16-18-32(19-17-25)21-28(33)30-24-12-14-27(15-13-24)36-26-6-4-3-5-7-26/h3-15,25H,16-21H2,1-2H3,(H,30,33). The highest BCUT2D eigenvalue weighted by molar-refractivity contribution is 5.92. The Kier molecular flexibility index (Phi) is 8.71. The van der Waals surface area contributed by atoms with Crippen LogP contribution in [0.3, 0.4) is 0 Å². The fourth-order valence-electron chi connectivity index (χ4n) is 4.43. The van der Waals surface area contributed by atoms with E-state index in [1.165, 1.54) is 7.11 Å². The van der Waals surface area contributed by atoms with Crippen LogP contribution in [0.5, 0.6) is 11.5 Å². The molecule has 0 aliphatic carbocycles. The van der Waals surface area contributed by atoms with Crippen molar-refractivity contribution in [1.82, 2.24) is 9.80 Å². The van der Waals surface area contributed by atoms with Crippen molar-refractivity contribution < 1.29 is 19.1 Å². The van der Waals surface area contributed by atoms with Gasteiger partial charge in [0, 0.05) is 31.4 Å². The molecule has 1 heterocycles. The van der Waals surface area contributed by atoms with Gasteiger partial charge in [0.15, 0.2) is 0 Å². The third-order valence-corrected chi connectivity index (χ3v) is 6.47. The lowest BCUT2D eigenvalue weighted by atomic mass is 10.0. The van der Waals surface area contributed by atoms with Gasteiger partial charge < -0.3 is 14.8 Å². The van der Waals surface area contributed by atoms with Gasteiger partial charge in [0.25, 0.3) is 0 Å².